The van der Waals surface area contributed by atoms with Crippen LogP contribution in [0.3, 0.4) is 0 Å². The summed E-state index contributed by atoms with van der Waals surface area (Å²) in [6.07, 6.45) is 0. The summed E-state index contributed by atoms with van der Waals surface area (Å²) < 4.78 is 32.3. The van der Waals surface area contributed by atoms with E-state index in [1.165, 1.54) is 0 Å². The maximum Gasteiger partial charge on any atom is 0.394 e. The topological polar surface area (TPSA) is 77.8 Å². The number of nitrogens with zero attached hydrogens (tertiary/aromatic N) is 1. The van der Waals surface area contributed by atoms with E-state index in [4.69, 9.17) is 29.7 Å². The van der Waals surface area contributed by atoms with Crippen molar-refractivity contribution in [1.29, 1.82) is 0 Å². The van der Waals surface area contributed by atoms with Crippen molar-refractivity contribution in [1.82, 2.24) is 4.90 Å². The number of hydrogen-bond donors (Lipinski definition) is 3. The van der Waals surface area contributed by atoms with E-state index in [1.807, 2.05) is 4.90 Å². The molecule has 0 saturated carbocycles. The molecule has 0 aromatic rings. The van der Waals surface area contributed by atoms with Crippen LogP contribution >= 0.6 is 24.8 Å². The Kier molecular flexibility index (Phi) is 14.6. The Morgan fingerprint density at radius 2 is 1.57 bits per heavy atom. The van der Waals surface area contributed by atoms with E-state index < -0.39 is 10.4 Å². The molecule has 0 saturated heterocycles. The first-order valence-electron chi connectivity index (χ1n) is 3.40. The maximum absolute atomic E-state index is 8.74. The molecule has 1 radical (unpaired) electrons. The van der Waals surface area contributed by atoms with Crippen molar-refractivity contribution >= 4 is 39.6 Å². The van der Waals surface area contributed by atoms with E-state index in [0.717, 1.165) is 13.1 Å². The van der Waals surface area contributed by atoms with Crippen LogP contribution in [0.4, 0.5) is 0 Å². The van der Waals surface area contributed by atoms with Crippen molar-refractivity contribution < 1.29 is 34.6 Å². The Bertz CT molecular complexity index is 231. The Morgan fingerprint density at radius 3 is 1.57 bits per heavy atom. The van der Waals surface area contributed by atoms with Crippen LogP contribution in [-0.2, 0) is 27.5 Å². The average molecular weight is 302 g/mol. The molecule has 0 aromatic heterocycles. The van der Waals surface area contributed by atoms with Gasteiger partial charge in [0.25, 0.3) is 0 Å². The molecule has 87 valence electrons. The molecule has 0 fully saturated rings. The van der Waals surface area contributed by atoms with Crippen LogP contribution in [-0.4, -0.2) is 39.8 Å². The predicted octanol–water partition coefficient (Wildman–Crippen LogP) is 0.888. The summed E-state index contributed by atoms with van der Waals surface area (Å²) in [5.74, 6) is 0. The number of thiocarbonyl (C=S) groups is 1. The Labute approximate surface area is 106 Å². The molecule has 0 amide bonds. The van der Waals surface area contributed by atoms with Crippen molar-refractivity contribution in [2.75, 3.05) is 13.1 Å². The van der Waals surface area contributed by atoms with Crippen LogP contribution in [0, 0.1) is 0 Å². The molecule has 0 spiro atoms. The van der Waals surface area contributed by atoms with Gasteiger partial charge < -0.3 is 4.90 Å². The molecule has 0 heterocycles. The second-order valence-electron chi connectivity index (χ2n) is 1.90. The van der Waals surface area contributed by atoms with Crippen LogP contribution in [0.2, 0.25) is 0 Å². The second-order valence-corrected chi connectivity index (χ2v) is 3.91. The fourth-order valence-corrected chi connectivity index (χ4v) is 1.04. The quantitative estimate of drug-likeness (QED) is 0.304. The standard InChI is InChI=1S/C5H11NS2.Mn.H2O4S/c1-3-6(4-2)5(7)8;;1-5(2,3)4/h3-4H2,1-2H3,(H,7,8);;(H2,1,2,3,4). The molecular formula is C5H13MnNO4S3. The van der Waals surface area contributed by atoms with Gasteiger partial charge in [-0.25, -0.2) is 0 Å². The summed E-state index contributed by atoms with van der Waals surface area (Å²) in [5.41, 5.74) is 0. The molecule has 0 aromatic carbocycles. The largest absolute Gasteiger partial charge is 0.394 e. The van der Waals surface area contributed by atoms with Gasteiger partial charge in [0.15, 0.2) is 0 Å². The smallest absolute Gasteiger partial charge is 0.358 e. The summed E-state index contributed by atoms with van der Waals surface area (Å²) in [6, 6.07) is 0. The third kappa shape index (κ3) is 22.9. The Hall–Kier alpha value is 0.629. The molecule has 0 unspecified atom stereocenters. The van der Waals surface area contributed by atoms with Crippen molar-refractivity contribution in [3.05, 3.63) is 0 Å². The SMILES string of the molecule is CCN(CC)C(=S)S.O=S(=O)(O)O.[Mn]. The van der Waals surface area contributed by atoms with Gasteiger partial charge in [-0.2, -0.15) is 8.42 Å². The van der Waals surface area contributed by atoms with E-state index in [0.29, 0.717) is 4.32 Å². The third-order valence-electron chi connectivity index (χ3n) is 1.03. The molecule has 0 aliphatic rings. The Morgan fingerprint density at radius 1 is 1.36 bits per heavy atom. The molecular weight excluding hydrogens is 289 g/mol. The molecule has 5 nitrogen and oxygen atoms in total. The van der Waals surface area contributed by atoms with E-state index >= 15 is 0 Å². The van der Waals surface area contributed by atoms with Crippen LogP contribution in [0.5, 0.6) is 0 Å². The van der Waals surface area contributed by atoms with Gasteiger partial charge in [0, 0.05) is 30.2 Å². The van der Waals surface area contributed by atoms with E-state index in [-0.39, 0.29) is 17.1 Å². The fraction of sp³-hybridized carbons (Fsp3) is 0.800. The van der Waals surface area contributed by atoms with E-state index in [1.54, 1.807) is 0 Å². The van der Waals surface area contributed by atoms with Gasteiger partial charge in [-0.05, 0) is 13.8 Å². The van der Waals surface area contributed by atoms with Gasteiger partial charge in [-0.1, -0.05) is 12.2 Å². The van der Waals surface area contributed by atoms with Gasteiger partial charge in [0.1, 0.15) is 4.32 Å². The van der Waals surface area contributed by atoms with Crippen molar-refractivity contribution in [3.63, 3.8) is 0 Å². The molecule has 0 aliphatic carbocycles. The van der Waals surface area contributed by atoms with E-state index in [2.05, 4.69) is 26.5 Å². The van der Waals surface area contributed by atoms with Crippen molar-refractivity contribution in [2.24, 2.45) is 0 Å². The predicted molar refractivity (Wildman–Crippen MR) is 58.7 cm³/mol. The second kappa shape index (κ2) is 10.2. The summed E-state index contributed by atoms with van der Waals surface area (Å²) in [5, 5.41) is 0. The first-order chi connectivity index (χ1) is 5.72. The van der Waals surface area contributed by atoms with Gasteiger partial charge in [-0.15, -0.1) is 12.6 Å². The van der Waals surface area contributed by atoms with Gasteiger partial charge in [0.05, 0.1) is 0 Å². The fourth-order valence-electron chi connectivity index (χ4n) is 0.494. The zero-order valence-corrected chi connectivity index (χ0v) is 11.4. The summed E-state index contributed by atoms with van der Waals surface area (Å²) in [4.78, 5) is 2.01. The number of thiol groups is 1. The first kappa shape index (κ1) is 20.1. The summed E-state index contributed by atoms with van der Waals surface area (Å²) in [7, 11) is -4.67. The minimum atomic E-state index is -4.67. The summed E-state index contributed by atoms with van der Waals surface area (Å²) in [6.45, 7) is 6.04. The molecule has 0 aliphatic heterocycles. The van der Waals surface area contributed by atoms with Crippen LogP contribution in [0.1, 0.15) is 13.8 Å². The zero-order valence-electron chi connectivity index (χ0n) is 7.71. The summed E-state index contributed by atoms with van der Waals surface area (Å²) >= 11 is 8.82. The molecule has 2 N–H and O–H groups in total. The van der Waals surface area contributed by atoms with Crippen LogP contribution in [0.25, 0.3) is 0 Å². The zero-order chi connectivity index (χ0) is 11.1. The normalized spacial score (nSPS) is 9.21. The molecule has 9 heteroatoms. The van der Waals surface area contributed by atoms with Crippen molar-refractivity contribution in [3.8, 4) is 0 Å². The monoisotopic (exact) mass is 302 g/mol. The number of hydrogen-bond acceptors (Lipinski definition) is 3. The third-order valence-corrected chi connectivity index (χ3v) is 1.58. The molecule has 0 bridgehead atoms. The minimum Gasteiger partial charge on any atom is -0.358 e. The van der Waals surface area contributed by atoms with Gasteiger partial charge in [0.2, 0.25) is 0 Å². The van der Waals surface area contributed by atoms with Gasteiger partial charge >= 0.3 is 10.4 Å². The van der Waals surface area contributed by atoms with Crippen LogP contribution < -0.4 is 0 Å². The van der Waals surface area contributed by atoms with Gasteiger partial charge in [-0.3, -0.25) is 9.11 Å². The maximum atomic E-state index is 8.74. The van der Waals surface area contributed by atoms with Crippen LogP contribution in [0.15, 0.2) is 0 Å². The van der Waals surface area contributed by atoms with Crippen molar-refractivity contribution in [2.45, 2.75) is 13.8 Å². The average Bonchev–Trinajstić information content (AvgIpc) is 1.85. The molecule has 0 rings (SSSR count). The molecule has 0 atom stereocenters. The number of rotatable bonds is 2. The molecule has 14 heavy (non-hydrogen) atoms. The Balaban J connectivity index is -0.000000177. The van der Waals surface area contributed by atoms with E-state index in [9.17, 15) is 0 Å². The first-order valence-corrected chi connectivity index (χ1v) is 5.65. The minimum absolute atomic E-state index is 0.